The normalized spacial score (nSPS) is 11.8. The van der Waals surface area contributed by atoms with Gasteiger partial charge < -0.3 is 13.3 Å². The maximum Gasteiger partial charge on any atom is 0.161 e. The molecule has 14 rings (SSSR count). The first-order valence-electron chi connectivity index (χ1n) is 23.1. The van der Waals surface area contributed by atoms with E-state index in [9.17, 15) is 0 Å². The fourth-order valence-electron chi connectivity index (χ4n) is 10.2. The average Bonchev–Trinajstić information content (AvgIpc) is 4.13. The molecule has 0 unspecified atom stereocenters. The summed E-state index contributed by atoms with van der Waals surface area (Å²) in [4.78, 5) is 14.7. The van der Waals surface area contributed by atoms with E-state index < -0.39 is 0 Å². The molecule has 0 bridgehead atoms. The van der Waals surface area contributed by atoms with Crippen LogP contribution in [-0.2, 0) is 0 Å². The van der Waals surface area contributed by atoms with Crippen LogP contribution >= 0.6 is 0 Å². The maximum atomic E-state index is 6.93. The molecule has 8 aromatic carbocycles. The summed E-state index contributed by atoms with van der Waals surface area (Å²) in [5.74, 6) is 0. The number of pyridine rings is 3. The summed E-state index contributed by atoms with van der Waals surface area (Å²) in [7, 11) is 0. The van der Waals surface area contributed by atoms with Crippen molar-refractivity contribution in [2.45, 2.75) is 0 Å². The van der Waals surface area contributed by atoms with Crippen molar-refractivity contribution < 1.29 is 13.3 Å². The van der Waals surface area contributed by atoms with Crippen LogP contribution in [0.3, 0.4) is 0 Å². The van der Waals surface area contributed by atoms with Gasteiger partial charge in [-0.15, -0.1) is 0 Å². The number of aromatic nitrogens is 3. The first-order chi connectivity index (χ1) is 34.2. The van der Waals surface area contributed by atoms with Gasteiger partial charge in [0.05, 0.1) is 0 Å². The molecule has 0 amide bonds. The lowest BCUT2D eigenvalue weighted by molar-refractivity contribution is 0.670. The maximum absolute atomic E-state index is 6.93. The minimum atomic E-state index is 0.730. The molecule has 322 valence electrons. The monoisotopic (exact) mass is 883 g/mol. The van der Waals surface area contributed by atoms with Crippen molar-refractivity contribution in [3.8, 4) is 77.9 Å². The van der Waals surface area contributed by atoms with E-state index in [-0.39, 0.29) is 0 Å². The Labute approximate surface area is 395 Å². The summed E-state index contributed by atoms with van der Waals surface area (Å²) >= 11 is 0. The third-order valence-corrected chi connectivity index (χ3v) is 13.5. The van der Waals surface area contributed by atoms with E-state index in [4.69, 9.17) is 28.2 Å². The van der Waals surface area contributed by atoms with Crippen LogP contribution < -0.4 is 0 Å². The van der Waals surface area contributed by atoms with Crippen LogP contribution in [0.2, 0.25) is 0 Å². The molecule has 0 radical (unpaired) electrons. The molecule has 0 aliphatic heterocycles. The van der Waals surface area contributed by atoms with E-state index in [0.717, 1.165) is 144 Å². The van der Waals surface area contributed by atoms with Crippen molar-refractivity contribution in [2.75, 3.05) is 0 Å². The molecule has 6 heterocycles. The predicted molar refractivity (Wildman–Crippen MR) is 280 cm³/mol. The van der Waals surface area contributed by atoms with Gasteiger partial charge >= 0.3 is 0 Å². The number of nitrogens with zero attached hydrogens (tertiary/aromatic N) is 3. The molecule has 0 saturated heterocycles. The first kappa shape index (κ1) is 38.8. The van der Waals surface area contributed by atoms with Gasteiger partial charge in [-0.3, -0.25) is 15.0 Å². The number of hydrogen-bond donors (Lipinski definition) is 0. The summed E-state index contributed by atoms with van der Waals surface area (Å²) in [5, 5.41) is 2.93. The van der Waals surface area contributed by atoms with Crippen LogP contribution in [0.4, 0.5) is 0 Å². The van der Waals surface area contributed by atoms with Crippen molar-refractivity contribution in [2.24, 2.45) is 0 Å². The zero-order chi connectivity index (χ0) is 45.4. The largest absolute Gasteiger partial charge is 0.453 e. The van der Waals surface area contributed by atoms with Crippen LogP contribution in [0, 0.1) is 0 Å². The van der Waals surface area contributed by atoms with Gasteiger partial charge in [-0.2, -0.15) is 0 Å². The van der Waals surface area contributed by atoms with E-state index >= 15 is 0 Å². The Morgan fingerprint density at radius 3 is 0.899 bits per heavy atom. The zero-order valence-corrected chi connectivity index (χ0v) is 36.9. The first-order valence-corrected chi connectivity index (χ1v) is 23.1. The van der Waals surface area contributed by atoms with Crippen molar-refractivity contribution >= 4 is 66.2 Å². The summed E-state index contributed by atoms with van der Waals surface area (Å²) < 4.78 is 20.6. The van der Waals surface area contributed by atoms with Gasteiger partial charge in [-0.05, 0) is 99.1 Å². The van der Waals surface area contributed by atoms with E-state index in [0.29, 0.717) is 0 Å². The second-order valence-electron chi connectivity index (χ2n) is 17.4. The van der Waals surface area contributed by atoms with Gasteiger partial charge in [0.15, 0.2) is 16.7 Å². The number of benzene rings is 8. The fourth-order valence-corrected chi connectivity index (χ4v) is 10.2. The Morgan fingerprint density at radius 1 is 0.217 bits per heavy atom. The highest BCUT2D eigenvalue weighted by atomic mass is 16.3. The van der Waals surface area contributed by atoms with E-state index in [1.165, 1.54) is 0 Å². The number of rotatable bonds is 7. The topological polar surface area (TPSA) is 78.1 Å². The molecule has 6 aromatic heterocycles. The van der Waals surface area contributed by atoms with E-state index in [1.807, 2.05) is 42.9 Å². The number of fused-ring (bicyclic) bond motifs is 9. The molecular formula is C63H37N3O3. The standard InChI is InChI=1S/C63H37N3O3/c1-4-13-39(14-5-1)46-19-10-22-52-55-61(67-58(46)52)49(29-32-64-55)42-27-25-38(26-28-42)43-35-44(50-30-33-65-56-53-23-11-20-47(59(53)68-62(50)56)40-15-6-2-7-16-40)37-45(36-43)51-31-34-66-57-54-24-12-21-48(60(54)69-63(51)57)41-17-8-3-9-18-41/h1-37H. The Kier molecular flexibility index (Phi) is 8.79. The third kappa shape index (κ3) is 6.30. The fraction of sp³-hybridized carbons (Fsp3) is 0. The Hall–Kier alpha value is -9.39. The van der Waals surface area contributed by atoms with E-state index in [1.54, 1.807) is 0 Å². The smallest absolute Gasteiger partial charge is 0.161 e. The molecule has 6 nitrogen and oxygen atoms in total. The Morgan fingerprint density at radius 2 is 0.522 bits per heavy atom. The van der Waals surface area contributed by atoms with Gasteiger partial charge in [-0.1, -0.05) is 152 Å². The lowest BCUT2D eigenvalue weighted by Crippen LogP contribution is -1.89. The minimum Gasteiger partial charge on any atom is -0.453 e. The van der Waals surface area contributed by atoms with Gasteiger partial charge in [0, 0.05) is 68.1 Å². The molecule has 0 aliphatic carbocycles. The van der Waals surface area contributed by atoms with Crippen LogP contribution in [0.15, 0.2) is 238 Å². The Bertz CT molecular complexity index is 4110. The van der Waals surface area contributed by atoms with Gasteiger partial charge in [0.1, 0.15) is 33.3 Å². The molecule has 6 heteroatoms. The second-order valence-corrected chi connectivity index (χ2v) is 17.4. The summed E-state index contributed by atoms with van der Waals surface area (Å²) in [5.41, 5.74) is 21.5. The molecule has 69 heavy (non-hydrogen) atoms. The molecule has 0 saturated carbocycles. The lowest BCUT2D eigenvalue weighted by Gasteiger charge is -2.12. The van der Waals surface area contributed by atoms with Crippen molar-refractivity contribution in [1.29, 1.82) is 0 Å². The molecule has 0 N–H and O–H groups in total. The average molecular weight is 884 g/mol. The SMILES string of the molecule is c1ccc(-c2cccc3c2oc2c(-c4ccc(-c5cc(-c6ccnc7c6oc6c(-c8ccccc8)cccc67)cc(-c6ccnc7c6oc6c(-c8ccccc8)cccc67)c5)cc4)ccnc23)cc1. The molecule has 0 atom stereocenters. The molecular weight excluding hydrogens is 847 g/mol. The molecule has 0 spiro atoms. The second kappa shape index (κ2) is 15.6. The predicted octanol–water partition coefficient (Wildman–Crippen LogP) is 17.2. The molecule has 14 aromatic rings. The van der Waals surface area contributed by atoms with Crippen LogP contribution in [0.25, 0.3) is 144 Å². The quantitative estimate of drug-likeness (QED) is 0.159. The van der Waals surface area contributed by atoms with Crippen molar-refractivity contribution in [1.82, 2.24) is 15.0 Å². The molecule has 0 aliphatic rings. The third-order valence-electron chi connectivity index (χ3n) is 13.5. The highest BCUT2D eigenvalue weighted by Gasteiger charge is 2.22. The van der Waals surface area contributed by atoms with Gasteiger partial charge in [0.2, 0.25) is 0 Å². The Balaban J connectivity index is 0.948. The zero-order valence-electron chi connectivity index (χ0n) is 36.9. The van der Waals surface area contributed by atoms with Crippen molar-refractivity contribution in [3.05, 3.63) is 225 Å². The number of hydrogen-bond acceptors (Lipinski definition) is 6. The number of furan rings is 3. The number of para-hydroxylation sites is 3. The summed E-state index contributed by atoms with van der Waals surface area (Å²) in [6.45, 7) is 0. The summed E-state index contributed by atoms with van der Waals surface area (Å²) in [6, 6.07) is 71.5. The van der Waals surface area contributed by atoms with E-state index in [2.05, 4.69) is 182 Å². The van der Waals surface area contributed by atoms with Crippen molar-refractivity contribution in [3.63, 3.8) is 0 Å². The minimum absolute atomic E-state index is 0.730. The highest BCUT2D eigenvalue weighted by molar-refractivity contribution is 6.14. The highest BCUT2D eigenvalue weighted by Crippen LogP contribution is 2.45. The van der Waals surface area contributed by atoms with Crippen LogP contribution in [-0.4, -0.2) is 15.0 Å². The van der Waals surface area contributed by atoms with Gasteiger partial charge in [-0.25, -0.2) is 0 Å². The lowest BCUT2D eigenvalue weighted by atomic mass is 9.92. The van der Waals surface area contributed by atoms with Gasteiger partial charge in [0.25, 0.3) is 0 Å². The molecule has 0 fully saturated rings. The van der Waals surface area contributed by atoms with Crippen LogP contribution in [0.1, 0.15) is 0 Å². The summed E-state index contributed by atoms with van der Waals surface area (Å²) in [6.07, 6.45) is 5.64. The van der Waals surface area contributed by atoms with Crippen LogP contribution in [0.5, 0.6) is 0 Å².